The number of amidine groups is 1. The largest absolute Gasteiger partial charge is 0.388 e. The van der Waals surface area contributed by atoms with Gasteiger partial charge in [-0.15, -0.1) is 0 Å². The maximum Gasteiger partial charge on any atom is 0.272 e. The SMILES string of the molecule is CC(C)N(CCC(=N)N)c1ccnc(C(=O)N(C)C)c1. The monoisotopic (exact) mass is 277 g/mol. The van der Waals surface area contributed by atoms with Gasteiger partial charge in [-0.25, -0.2) is 0 Å². The van der Waals surface area contributed by atoms with Gasteiger partial charge in [-0.3, -0.25) is 15.2 Å². The summed E-state index contributed by atoms with van der Waals surface area (Å²) in [6, 6.07) is 3.90. The highest BCUT2D eigenvalue weighted by Crippen LogP contribution is 2.18. The van der Waals surface area contributed by atoms with Crippen LogP contribution in [0.4, 0.5) is 5.69 Å². The van der Waals surface area contributed by atoms with Crippen LogP contribution in [0.1, 0.15) is 30.8 Å². The van der Waals surface area contributed by atoms with Crippen LogP contribution in [0.2, 0.25) is 0 Å². The van der Waals surface area contributed by atoms with Crippen LogP contribution < -0.4 is 10.6 Å². The smallest absolute Gasteiger partial charge is 0.272 e. The summed E-state index contributed by atoms with van der Waals surface area (Å²) in [4.78, 5) is 19.7. The van der Waals surface area contributed by atoms with Crippen molar-refractivity contribution in [2.75, 3.05) is 25.5 Å². The van der Waals surface area contributed by atoms with Crippen LogP contribution in [0.3, 0.4) is 0 Å². The lowest BCUT2D eigenvalue weighted by Crippen LogP contribution is -2.34. The lowest BCUT2D eigenvalue weighted by molar-refractivity contribution is 0.0822. The van der Waals surface area contributed by atoms with E-state index in [1.54, 1.807) is 26.4 Å². The standard InChI is InChI=1S/C14H23N5O/c1-10(2)19(8-6-13(15)16)11-5-7-17-12(9-11)14(20)18(3)4/h5,7,9-10H,6,8H2,1-4H3,(H3,15,16). The Morgan fingerprint density at radius 3 is 2.60 bits per heavy atom. The van der Waals surface area contributed by atoms with E-state index in [-0.39, 0.29) is 17.8 Å². The molecule has 0 fully saturated rings. The predicted octanol–water partition coefficient (Wildman–Crippen LogP) is 1.32. The third kappa shape index (κ3) is 4.22. The molecule has 0 radical (unpaired) electrons. The molecule has 20 heavy (non-hydrogen) atoms. The van der Waals surface area contributed by atoms with Crippen molar-refractivity contribution in [3.05, 3.63) is 24.0 Å². The molecule has 0 saturated carbocycles. The number of nitrogens with two attached hydrogens (primary N) is 1. The van der Waals surface area contributed by atoms with Gasteiger partial charge in [-0.1, -0.05) is 0 Å². The normalized spacial score (nSPS) is 10.4. The second kappa shape index (κ2) is 6.88. The number of hydrogen-bond acceptors (Lipinski definition) is 4. The number of aromatic nitrogens is 1. The van der Waals surface area contributed by atoms with E-state index in [1.807, 2.05) is 6.07 Å². The van der Waals surface area contributed by atoms with Gasteiger partial charge in [0.2, 0.25) is 0 Å². The number of amides is 1. The summed E-state index contributed by atoms with van der Waals surface area (Å²) >= 11 is 0. The summed E-state index contributed by atoms with van der Waals surface area (Å²) < 4.78 is 0. The molecule has 0 saturated heterocycles. The number of carbonyl (C=O) groups excluding carboxylic acids is 1. The number of rotatable bonds is 6. The first-order valence-corrected chi connectivity index (χ1v) is 6.60. The first kappa shape index (κ1) is 15.9. The van der Waals surface area contributed by atoms with Gasteiger partial charge in [0.1, 0.15) is 5.69 Å². The van der Waals surface area contributed by atoms with Crippen LogP contribution in [0, 0.1) is 5.41 Å². The Morgan fingerprint density at radius 2 is 2.10 bits per heavy atom. The Balaban J connectivity index is 2.99. The van der Waals surface area contributed by atoms with Gasteiger partial charge in [0.25, 0.3) is 5.91 Å². The Hall–Kier alpha value is -2.11. The average Bonchev–Trinajstić information content (AvgIpc) is 2.37. The minimum absolute atomic E-state index is 0.123. The molecule has 0 atom stereocenters. The number of pyridine rings is 1. The van der Waals surface area contributed by atoms with Crippen LogP contribution in [-0.4, -0.2) is 48.3 Å². The summed E-state index contributed by atoms with van der Waals surface area (Å²) in [5.41, 5.74) is 6.76. The fraction of sp³-hybridized carbons (Fsp3) is 0.500. The van der Waals surface area contributed by atoms with Gasteiger partial charge in [0.15, 0.2) is 0 Å². The fourth-order valence-corrected chi connectivity index (χ4v) is 1.87. The second-order valence-electron chi connectivity index (χ2n) is 5.16. The van der Waals surface area contributed by atoms with Crippen LogP contribution in [0.15, 0.2) is 18.3 Å². The third-order valence-corrected chi connectivity index (χ3v) is 2.95. The fourth-order valence-electron chi connectivity index (χ4n) is 1.87. The lowest BCUT2D eigenvalue weighted by Gasteiger charge is -2.29. The predicted molar refractivity (Wildman–Crippen MR) is 81.3 cm³/mol. The van der Waals surface area contributed by atoms with Crippen LogP contribution in [-0.2, 0) is 0 Å². The molecule has 1 amide bonds. The summed E-state index contributed by atoms with van der Waals surface area (Å²) in [5.74, 6) is 0.0384. The first-order chi connectivity index (χ1) is 9.32. The molecule has 0 aromatic carbocycles. The number of hydrogen-bond donors (Lipinski definition) is 2. The molecular weight excluding hydrogens is 254 g/mol. The van der Waals surface area contributed by atoms with Gasteiger partial charge in [-0.05, 0) is 26.0 Å². The average molecular weight is 277 g/mol. The quantitative estimate of drug-likeness (QED) is 0.606. The third-order valence-electron chi connectivity index (χ3n) is 2.95. The van der Waals surface area contributed by atoms with Crippen molar-refractivity contribution < 1.29 is 4.79 Å². The molecule has 1 rings (SSSR count). The van der Waals surface area contributed by atoms with Crippen molar-refractivity contribution in [1.82, 2.24) is 9.88 Å². The molecule has 0 aliphatic carbocycles. The number of carbonyl (C=O) groups is 1. The molecule has 0 spiro atoms. The van der Waals surface area contributed by atoms with Crippen molar-refractivity contribution in [2.24, 2.45) is 5.73 Å². The van der Waals surface area contributed by atoms with Crippen LogP contribution in [0.25, 0.3) is 0 Å². The zero-order valence-corrected chi connectivity index (χ0v) is 12.6. The van der Waals surface area contributed by atoms with E-state index in [0.29, 0.717) is 18.7 Å². The Morgan fingerprint density at radius 1 is 1.45 bits per heavy atom. The molecule has 0 unspecified atom stereocenters. The van der Waals surface area contributed by atoms with Crippen LogP contribution in [0.5, 0.6) is 0 Å². The van der Waals surface area contributed by atoms with E-state index in [4.69, 9.17) is 11.1 Å². The number of nitrogens with zero attached hydrogens (tertiary/aromatic N) is 3. The summed E-state index contributed by atoms with van der Waals surface area (Å²) in [6.45, 7) is 4.77. The maximum absolute atomic E-state index is 11.9. The van der Waals surface area contributed by atoms with Gasteiger partial charge in [0, 0.05) is 45.0 Å². The first-order valence-electron chi connectivity index (χ1n) is 6.60. The van der Waals surface area contributed by atoms with E-state index in [0.717, 1.165) is 5.69 Å². The molecule has 6 nitrogen and oxygen atoms in total. The van der Waals surface area contributed by atoms with Crippen molar-refractivity contribution >= 4 is 17.4 Å². The number of nitrogens with one attached hydrogen (secondary N) is 1. The minimum atomic E-state index is -0.123. The van der Waals surface area contributed by atoms with Gasteiger partial charge >= 0.3 is 0 Å². The molecule has 3 N–H and O–H groups in total. The molecule has 1 aromatic rings. The Labute approximate surface area is 120 Å². The van der Waals surface area contributed by atoms with Gasteiger partial charge in [0.05, 0.1) is 5.84 Å². The molecule has 0 bridgehead atoms. The van der Waals surface area contributed by atoms with Crippen molar-refractivity contribution in [2.45, 2.75) is 26.3 Å². The van der Waals surface area contributed by atoms with Gasteiger partial charge in [-0.2, -0.15) is 0 Å². The lowest BCUT2D eigenvalue weighted by atomic mass is 10.2. The van der Waals surface area contributed by atoms with Crippen molar-refractivity contribution in [1.29, 1.82) is 5.41 Å². The van der Waals surface area contributed by atoms with E-state index in [1.165, 1.54) is 4.90 Å². The summed E-state index contributed by atoms with van der Waals surface area (Å²) in [5, 5.41) is 7.34. The highest BCUT2D eigenvalue weighted by atomic mass is 16.2. The topological polar surface area (TPSA) is 86.3 Å². The minimum Gasteiger partial charge on any atom is -0.388 e. The zero-order chi connectivity index (χ0) is 15.3. The highest BCUT2D eigenvalue weighted by molar-refractivity contribution is 5.92. The second-order valence-corrected chi connectivity index (χ2v) is 5.16. The van der Waals surface area contributed by atoms with Crippen molar-refractivity contribution in [3.8, 4) is 0 Å². The molecule has 6 heteroatoms. The Kier molecular flexibility index (Phi) is 5.49. The molecule has 110 valence electrons. The molecule has 0 aliphatic heterocycles. The van der Waals surface area contributed by atoms with Crippen LogP contribution >= 0.6 is 0 Å². The molecule has 1 heterocycles. The van der Waals surface area contributed by atoms with Crippen molar-refractivity contribution in [3.63, 3.8) is 0 Å². The van der Waals surface area contributed by atoms with E-state index in [2.05, 4.69) is 23.7 Å². The van der Waals surface area contributed by atoms with E-state index >= 15 is 0 Å². The highest BCUT2D eigenvalue weighted by Gasteiger charge is 2.15. The molecule has 1 aromatic heterocycles. The van der Waals surface area contributed by atoms with E-state index in [9.17, 15) is 4.79 Å². The maximum atomic E-state index is 11.9. The number of anilines is 1. The molecular formula is C14H23N5O. The zero-order valence-electron chi connectivity index (χ0n) is 12.6. The summed E-state index contributed by atoms with van der Waals surface area (Å²) in [6.07, 6.45) is 2.13. The summed E-state index contributed by atoms with van der Waals surface area (Å²) in [7, 11) is 3.40. The van der Waals surface area contributed by atoms with E-state index < -0.39 is 0 Å². The van der Waals surface area contributed by atoms with Gasteiger partial charge < -0.3 is 15.5 Å². The Bertz CT molecular complexity index is 484. The molecule has 0 aliphatic rings.